The molecule has 1 saturated carbocycles. The van der Waals surface area contributed by atoms with Gasteiger partial charge in [0.1, 0.15) is 17.1 Å². The summed E-state index contributed by atoms with van der Waals surface area (Å²) in [6.45, 7) is 0. The second-order valence-corrected chi connectivity index (χ2v) is 10.3. The number of pyridine rings is 1. The van der Waals surface area contributed by atoms with Gasteiger partial charge in [0.05, 0.1) is 5.52 Å². The molecule has 37 heavy (non-hydrogen) atoms. The van der Waals surface area contributed by atoms with Crippen LogP contribution in [0.4, 0.5) is 11.8 Å². The number of fused-ring (bicyclic) bond motifs is 1. The minimum Gasteiger partial charge on any atom is -0.438 e. The third-order valence-corrected chi connectivity index (χ3v) is 6.97. The third kappa shape index (κ3) is 5.99. The molecule has 2 aromatic carbocycles. The van der Waals surface area contributed by atoms with Crippen LogP contribution in [-0.2, 0) is 0 Å². The van der Waals surface area contributed by atoms with E-state index in [1.165, 1.54) is 0 Å². The Bertz CT molecular complexity index is 1390. The van der Waals surface area contributed by atoms with Crippen molar-refractivity contribution in [3.8, 4) is 11.6 Å². The van der Waals surface area contributed by atoms with Gasteiger partial charge in [-0.2, -0.15) is 4.98 Å². The number of ether oxygens (including phenoxy) is 1. The molecule has 2 N–H and O–H groups in total. The Morgan fingerprint density at radius 3 is 2.43 bits per heavy atom. The van der Waals surface area contributed by atoms with E-state index in [0.717, 1.165) is 46.9 Å². The lowest BCUT2D eigenvalue weighted by molar-refractivity contribution is 0.0923. The van der Waals surface area contributed by atoms with E-state index in [-0.39, 0.29) is 18.0 Å². The summed E-state index contributed by atoms with van der Waals surface area (Å²) in [6, 6.07) is 19.3. The minimum absolute atomic E-state index is 0.0844. The average Bonchev–Trinajstić information content (AvgIpc) is 2.91. The molecule has 4 aromatic rings. The molecule has 0 radical (unpaired) electrons. The molecule has 2 aromatic heterocycles. The number of carbonyl (C=O) groups is 1. The first-order valence-electron chi connectivity index (χ1n) is 12.4. The molecule has 1 aliphatic rings. The minimum atomic E-state index is -0.176. The van der Waals surface area contributed by atoms with Crippen molar-refractivity contribution in [1.29, 1.82) is 0 Å². The highest BCUT2D eigenvalue weighted by molar-refractivity contribution is 9.10. The van der Waals surface area contributed by atoms with E-state index in [0.29, 0.717) is 23.1 Å². The second kappa shape index (κ2) is 11.1. The smallest absolute Gasteiger partial charge is 0.257 e. The van der Waals surface area contributed by atoms with Crippen molar-refractivity contribution in [1.82, 2.24) is 20.3 Å². The van der Waals surface area contributed by atoms with Crippen LogP contribution in [0.25, 0.3) is 10.9 Å². The maximum Gasteiger partial charge on any atom is 0.257 e. The summed E-state index contributed by atoms with van der Waals surface area (Å²) >= 11 is 3.42. The van der Waals surface area contributed by atoms with E-state index in [9.17, 15) is 4.79 Å². The zero-order chi connectivity index (χ0) is 25.8. The van der Waals surface area contributed by atoms with E-state index >= 15 is 0 Å². The molecule has 0 bridgehead atoms. The van der Waals surface area contributed by atoms with Gasteiger partial charge in [-0.15, -0.1) is 0 Å². The van der Waals surface area contributed by atoms with Gasteiger partial charge in [0.15, 0.2) is 0 Å². The fraction of sp³-hybridized carbons (Fsp3) is 0.286. The molecular formula is C28H29BrN6O2. The summed E-state index contributed by atoms with van der Waals surface area (Å²) in [5.74, 6) is 2.27. The summed E-state index contributed by atoms with van der Waals surface area (Å²) < 4.78 is 6.85. The lowest BCUT2D eigenvalue weighted by Crippen LogP contribution is -2.40. The maximum atomic E-state index is 13.1. The Kier molecular flexibility index (Phi) is 7.50. The van der Waals surface area contributed by atoms with Crippen molar-refractivity contribution >= 4 is 44.5 Å². The quantitative estimate of drug-likeness (QED) is 0.295. The predicted molar refractivity (Wildman–Crippen MR) is 149 cm³/mol. The lowest BCUT2D eigenvalue weighted by Gasteiger charge is -2.30. The molecule has 0 aliphatic heterocycles. The third-order valence-electron chi connectivity index (χ3n) is 6.45. The first kappa shape index (κ1) is 25.0. The number of nitrogens with zero attached hydrogens (tertiary/aromatic N) is 4. The molecule has 1 aliphatic carbocycles. The van der Waals surface area contributed by atoms with Gasteiger partial charge < -0.3 is 20.3 Å². The molecule has 8 nitrogen and oxygen atoms in total. The summed E-state index contributed by atoms with van der Waals surface area (Å²) in [7, 11) is 3.98. The monoisotopic (exact) mass is 560 g/mol. The van der Waals surface area contributed by atoms with E-state index in [1.807, 2.05) is 67.5 Å². The number of para-hydroxylation sites is 1. The van der Waals surface area contributed by atoms with Gasteiger partial charge in [-0.3, -0.25) is 4.79 Å². The SMILES string of the molecule is CN(C)c1nc(NC2CCC(NC(=O)c3cccnc3Oc3ccc(Br)cc3)CC2)nc2ccccc12. The first-order chi connectivity index (χ1) is 18.0. The molecule has 1 fully saturated rings. The number of carbonyl (C=O) groups excluding carboxylic acids is 1. The van der Waals surface area contributed by atoms with Gasteiger partial charge in [0, 0.05) is 42.2 Å². The summed E-state index contributed by atoms with van der Waals surface area (Å²) in [6.07, 6.45) is 5.17. The predicted octanol–water partition coefficient (Wildman–Crippen LogP) is 5.80. The lowest BCUT2D eigenvalue weighted by atomic mass is 9.91. The van der Waals surface area contributed by atoms with Gasteiger partial charge in [-0.05, 0) is 74.2 Å². The van der Waals surface area contributed by atoms with E-state index in [2.05, 4.69) is 31.5 Å². The highest BCUT2D eigenvalue weighted by atomic mass is 79.9. The number of rotatable bonds is 7. The number of hydrogen-bond donors (Lipinski definition) is 2. The van der Waals surface area contributed by atoms with Crippen LogP contribution in [0.3, 0.4) is 0 Å². The van der Waals surface area contributed by atoms with Gasteiger partial charge in [-0.1, -0.05) is 28.1 Å². The molecule has 0 unspecified atom stereocenters. The van der Waals surface area contributed by atoms with Gasteiger partial charge in [-0.25, -0.2) is 9.97 Å². The molecule has 1 amide bonds. The maximum absolute atomic E-state index is 13.1. The van der Waals surface area contributed by atoms with Crippen molar-refractivity contribution < 1.29 is 9.53 Å². The number of anilines is 2. The first-order valence-corrected chi connectivity index (χ1v) is 13.2. The average molecular weight is 561 g/mol. The normalized spacial score (nSPS) is 17.3. The summed E-state index contributed by atoms with van der Waals surface area (Å²) in [5.41, 5.74) is 1.34. The van der Waals surface area contributed by atoms with Crippen LogP contribution in [0.5, 0.6) is 11.6 Å². The van der Waals surface area contributed by atoms with Crippen molar-refractivity contribution in [3.05, 3.63) is 76.9 Å². The number of halogens is 1. The molecular weight excluding hydrogens is 532 g/mol. The zero-order valence-electron chi connectivity index (χ0n) is 20.8. The fourth-order valence-electron chi connectivity index (χ4n) is 4.55. The zero-order valence-corrected chi connectivity index (χ0v) is 22.4. The van der Waals surface area contributed by atoms with E-state index in [1.54, 1.807) is 18.3 Å². The van der Waals surface area contributed by atoms with E-state index in [4.69, 9.17) is 14.7 Å². The Morgan fingerprint density at radius 1 is 0.946 bits per heavy atom. The molecule has 5 rings (SSSR count). The van der Waals surface area contributed by atoms with Crippen molar-refractivity contribution in [2.75, 3.05) is 24.3 Å². The molecule has 0 spiro atoms. The molecule has 2 heterocycles. The Labute approximate surface area is 224 Å². The number of nitrogens with one attached hydrogen (secondary N) is 2. The number of aromatic nitrogens is 3. The van der Waals surface area contributed by atoms with Crippen LogP contribution < -0.4 is 20.3 Å². The van der Waals surface area contributed by atoms with Crippen LogP contribution in [0.1, 0.15) is 36.0 Å². The molecule has 0 saturated heterocycles. The van der Waals surface area contributed by atoms with Crippen LogP contribution >= 0.6 is 15.9 Å². The molecule has 190 valence electrons. The van der Waals surface area contributed by atoms with Crippen molar-refractivity contribution in [3.63, 3.8) is 0 Å². The molecule has 9 heteroatoms. The Hall–Kier alpha value is -3.72. The van der Waals surface area contributed by atoms with Gasteiger partial charge in [0.2, 0.25) is 11.8 Å². The second-order valence-electron chi connectivity index (χ2n) is 9.36. The Balaban J connectivity index is 1.20. The Morgan fingerprint density at radius 2 is 1.68 bits per heavy atom. The number of amides is 1. The van der Waals surface area contributed by atoms with Crippen LogP contribution in [-0.4, -0.2) is 47.0 Å². The van der Waals surface area contributed by atoms with Crippen molar-refractivity contribution in [2.24, 2.45) is 0 Å². The largest absolute Gasteiger partial charge is 0.438 e. The highest BCUT2D eigenvalue weighted by Crippen LogP contribution is 2.28. The number of hydrogen-bond acceptors (Lipinski definition) is 7. The van der Waals surface area contributed by atoms with Crippen LogP contribution in [0, 0.1) is 0 Å². The number of benzene rings is 2. The van der Waals surface area contributed by atoms with E-state index < -0.39 is 0 Å². The molecule has 0 atom stereocenters. The van der Waals surface area contributed by atoms with Crippen LogP contribution in [0.2, 0.25) is 0 Å². The van der Waals surface area contributed by atoms with Gasteiger partial charge >= 0.3 is 0 Å². The van der Waals surface area contributed by atoms with Crippen molar-refractivity contribution in [2.45, 2.75) is 37.8 Å². The summed E-state index contributed by atoms with van der Waals surface area (Å²) in [4.78, 5) is 28.9. The van der Waals surface area contributed by atoms with Gasteiger partial charge in [0.25, 0.3) is 5.91 Å². The fourth-order valence-corrected chi connectivity index (χ4v) is 4.82. The summed E-state index contributed by atoms with van der Waals surface area (Å²) in [5, 5.41) is 7.72. The topological polar surface area (TPSA) is 92.3 Å². The highest BCUT2D eigenvalue weighted by Gasteiger charge is 2.25. The standard InChI is InChI=1S/C28H29BrN6O2/c1-35(2)25-22-6-3-4-8-24(22)33-28(34-25)32-20-13-11-19(12-14-20)31-26(36)23-7-5-17-30-27(23)37-21-15-9-18(29)10-16-21/h3-10,15-17,19-20H,11-14H2,1-2H3,(H,31,36)(H,32,33,34). The van der Waals surface area contributed by atoms with Crippen LogP contribution in [0.15, 0.2) is 71.3 Å².